The maximum Gasteiger partial charge on any atom is 0.185 e. The molecular formula is C14H28N4S. The summed E-state index contributed by atoms with van der Waals surface area (Å²) < 4.78 is 0. The highest BCUT2D eigenvalue weighted by molar-refractivity contribution is 7.15. The molecule has 0 radical (unpaired) electrons. The first-order valence-corrected chi connectivity index (χ1v) is 8.12. The molecule has 0 fully saturated rings. The van der Waals surface area contributed by atoms with Gasteiger partial charge < -0.3 is 15.5 Å². The summed E-state index contributed by atoms with van der Waals surface area (Å²) in [5.74, 6) is 0. The third kappa shape index (κ3) is 5.09. The molecule has 1 unspecified atom stereocenters. The summed E-state index contributed by atoms with van der Waals surface area (Å²) in [6.07, 6.45) is 3.10. The molecule has 1 aromatic heterocycles. The predicted molar refractivity (Wildman–Crippen MR) is 85.0 cm³/mol. The number of anilines is 1. The molecule has 2 N–H and O–H groups in total. The van der Waals surface area contributed by atoms with Gasteiger partial charge in [-0.1, -0.05) is 13.8 Å². The van der Waals surface area contributed by atoms with E-state index in [1.807, 2.05) is 13.1 Å². The van der Waals surface area contributed by atoms with Crippen LogP contribution in [-0.4, -0.2) is 42.6 Å². The van der Waals surface area contributed by atoms with Crippen LogP contribution < -0.4 is 10.6 Å². The van der Waals surface area contributed by atoms with Crippen LogP contribution in [0.3, 0.4) is 0 Å². The van der Waals surface area contributed by atoms with E-state index in [1.54, 1.807) is 11.3 Å². The summed E-state index contributed by atoms with van der Waals surface area (Å²) in [6, 6.07) is 0.0839. The fraction of sp³-hybridized carbons (Fsp3) is 0.786. The Balaban J connectivity index is 2.48. The van der Waals surface area contributed by atoms with Crippen LogP contribution in [0.5, 0.6) is 0 Å². The van der Waals surface area contributed by atoms with Gasteiger partial charge in [0.1, 0.15) is 0 Å². The molecule has 0 saturated heterocycles. The zero-order valence-corrected chi connectivity index (χ0v) is 13.5. The summed E-state index contributed by atoms with van der Waals surface area (Å²) in [5, 5.41) is 1.11. The monoisotopic (exact) mass is 284 g/mol. The molecule has 1 aromatic rings. The van der Waals surface area contributed by atoms with Crippen molar-refractivity contribution in [2.45, 2.75) is 40.2 Å². The van der Waals surface area contributed by atoms with E-state index in [-0.39, 0.29) is 6.04 Å². The minimum atomic E-state index is 0.0839. The fourth-order valence-electron chi connectivity index (χ4n) is 2.05. The van der Waals surface area contributed by atoms with Gasteiger partial charge >= 0.3 is 0 Å². The maximum absolute atomic E-state index is 5.89. The van der Waals surface area contributed by atoms with Crippen molar-refractivity contribution in [1.82, 2.24) is 9.88 Å². The molecule has 0 saturated carbocycles. The van der Waals surface area contributed by atoms with Gasteiger partial charge in [0.2, 0.25) is 0 Å². The molecule has 110 valence electrons. The highest BCUT2D eigenvalue weighted by Crippen LogP contribution is 2.26. The highest BCUT2D eigenvalue weighted by atomic mass is 32.1. The van der Waals surface area contributed by atoms with E-state index in [0.29, 0.717) is 0 Å². The standard InChI is InChI=1S/C14H28N4S/c1-5-17(6-2)9-8-10-18(7-3)14-16-11-13(19-14)12(4)15/h11-12H,5-10,15H2,1-4H3. The van der Waals surface area contributed by atoms with Crippen LogP contribution in [0.4, 0.5) is 5.13 Å². The van der Waals surface area contributed by atoms with Gasteiger partial charge in [0.05, 0.1) is 0 Å². The molecule has 5 heteroatoms. The minimum Gasteiger partial charge on any atom is -0.348 e. The number of thiazole rings is 1. The van der Waals surface area contributed by atoms with Gasteiger partial charge in [0, 0.05) is 30.2 Å². The quantitative estimate of drug-likeness (QED) is 0.757. The second kappa shape index (κ2) is 8.51. The Morgan fingerprint density at radius 1 is 1.21 bits per heavy atom. The molecule has 0 amide bonds. The number of rotatable bonds is 9. The molecule has 19 heavy (non-hydrogen) atoms. The second-order valence-corrected chi connectivity index (χ2v) is 5.83. The third-order valence-electron chi connectivity index (χ3n) is 3.41. The van der Waals surface area contributed by atoms with Gasteiger partial charge in [-0.25, -0.2) is 4.98 Å². The molecule has 1 atom stereocenters. The van der Waals surface area contributed by atoms with Crippen LogP contribution >= 0.6 is 11.3 Å². The SMILES string of the molecule is CCN(CC)CCCN(CC)c1ncc(C(C)N)s1. The van der Waals surface area contributed by atoms with Gasteiger partial charge in [0.15, 0.2) is 5.13 Å². The number of aromatic nitrogens is 1. The van der Waals surface area contributed by atoms with Crippen molar-refractivity contribution in [2.75, 3.05) is 37.6 Å². The van der Waals surface area contributed by atoms with E-state index in [1.165, 1.54) is 6.42 Å². The zero-order chi connectivity index (χ0) is 14.3. The summed E-state index contributed by atoms with van der Waals surface area (Å²) in [5.41, 5.74) is 5.89. The Bertz CT molecular complexity index is 347. The van der Waals surface area contributed by atoms with Crippen LogP contribution in [0.15, 0.2) is 6.20 Å². The van der Waals surface area contributed by atoms with Crippen molar-refractivity contribution in [2.24, 2.45) is 5.73 Å². The topological polar surface area (TPSA) is 45.4 Å². The smallest absolute Gasteiger partial charge is 0.185 e. The van der Waals surface area contributed by atoms with E-state index in [4.69, 9.17) is 5.73 Å². The molecule has 0 spiro atoms. The van der Waals surface area contributed by atoms with Crippen molar-refractivity contribution in [3.63, 3.8) is 0 Å². The maximum atomic E-state index is 5.89. The van der Waals surface area contributed by atoms with Crippen LogP contribution in [0.25, 0.3) is 0 Å². The van der Waals surface area contributed by atoms with Crippen molar-refractivity contribution >= 4 is 16.5 Å². The molecule has 0 aliphatic rings. The highest BCUT2D eigenvalue weighted by Gasteiger charge is 2.11. The lowest BCUT2D eigenvalue weighted by Gasteiger charge is -2.23. The molecule has 4 nitrogen and oxygen atoms in total. The Morgan fingerprint density at radius 2 is 1.89 bits per heavy atom. The van der Waals surface area contributed by atoms with Crippen LogP contribution in [-0.2, 0) is 0 Å². The number of nitrogens with zero attached hydrogens (tertiary/aromatic N) is 3. The van der Waals surface area contributed by atoms with E-state index < -0.39 is 0 Å². The van der Waals surface area contributed by atoms with Gasteiger partial charge in [-0.2, -0.15) is 0 Å². The van der Waals surface area contributed by atoms with Gasteiger partial charge in [-0.3, -0.25) is 0 Å². The Kier molecular flexibility index (Phi) is 7.34. The van der Waals surface area contributed by atoms with E-state index in [2.05, 4.69) is 35.6 Å². The molecular weight excluding hydrogens is 256 g/mol. The van der Waals surface area contributed by atoms with Crippen molar-refractivity contribution in [3.05, 3.63) is 11.1 Å². The van der Waals surface area contributed by atoms with Crippen molar-refractivity contribution in [3.8, 4) is 0 Å². The molecule has 0 aliphatic carbocycles. The lowest BCUT2D eigenvalue weighted by Crippen LogP contribution is -2.29. The van der Waals surface area contributed by atoms with Crippen molar-refractivity contribution < 1.29 is 0 Å². The first-order chi connectivity index (χ1) is 9.12. The number of hydrogen-bond donors (Lipinski definition) is 1. The van der Waals surface area contributed by atoms with Crippen LogP contribution in [0.1, 0.15) is 45.0 Å². The van der Waals surface area contributed by atoms with Crippen LogP contribution in [0, 0.1) is 0 Å². The predicted octanol–water partition coefficient (Wildman–Crippen LogP) is 2.72. The largest absolute Gasteiger partial charge is 0.348 e. The molecule has 0 aromatic carbocycles. The zero-order valence-electron chi connectivity index (χ0n) is 12.7. The lowest BCUT2D eigenvalue weighted by molar-refractivity contribution is 0.301. The van der Waals surface area contributed by atoms with E-state index in [0.717, 1.165) is 42.7 Å². The first-order valence-electron chi connectivity index (χ1n) is 7.30. The van der Waals surface area contributed by atoms with Gasteiger partial charge in [-0.15, -0.1) is 11.3 Å². The Morgan fingerprint density at radius 3 is 2.37 bits per heavy atom. The van der Waals surface area contributed by atoms with E-state index >= 15 is 0 Å². The summed E-state index contributed by atoms with van der Waals surface area (Å²) in [4.78, 5) is 10.5. The van der Waals surface area contributed by atoms with E-state index in [9.17, 15) is 0 Å². The normalized spacial score (nSPS) is 12.9. The lowest BCUT2D eigenvalue weighted by atomic mass is 10.3. The summed E-state index contributed by atoms with van der Waals surface area (Å²) in [7, 11) is 0. The third-order valence-corrected chi connectivity index (χ3v) is 4.67. The minimum absolute atomic E-state index is 0.0839. The average Bonchev–Trinajstić information content (AvgIpc) is 2.89. The van der Waals surface area contributed by atoms with Crippen molar-refractivity contribution in [1.29, 1.82) is 0 Å². The molecule has 1 rings (SSSR count). The van der Waals surface area contributed by atoms with Gasteiger partial charge in [0.25, 0.3) is 0 Å². The van der Waals surface area contributed by atoms with Gasteiger partial charge in [-0.05, 0) is 39.9 Å². The summed E-state index contributed by atoms with van der Waals surface area (Å²) >= 11 is 1.72. The molecule has 0 bridgehead atoms. The fourth-order valence-corrected chi connectivity index (χ4v) is 3.00. The Hall–Kier alpha value is -0.650. The molecule has 0 aliphatic heterocycles. The first kappa shape index (κ1) is 16.4. The number of hydrogen-bond acceptors (Lipinski definition) is 5. The number of nitrogens with two attached hydrogens (primary N) is 1. The Labute approximate surface area is 121 Å². The molecule has 1 heterocycles. The summed E-state index contributed by atoms with van der Waals surface area (Å²) in [6.45, 7) is 14.1. The van der Waals surface area contributed by atoms with Crippen LogP contribution in [0.2, 0.25) is 0 Å². The average molecular weight is 284 g/mol. The second-order valence-electron chi connectivity index (χ2n) is 4.79.